The molecule has 1 N–H and O–H groups in total. The van der Waals surface area contributed by atoms with Gasteiger partial charge in [-0.15, -0.1) is 5.10 Å². The molecule has 1 aliphatic carbocycles. The van der Waals surface area contributed by atoms with Crippen molar-refractivity contribution in [3.63, 3.8) is 0 Å². The van der Waals surface area contributed by atoms with E-state index in [9.17, 15) is 4.79 Å². The number of aromatic amines is 1. The highest BCUT2D eigenvalue weighted by atomic mass is 16.2. The van der Waals surface area contributed by atoms with E-state index in [0.717, 1.165) is 25.3 Å². The molecule has 1 amide bonds. The van der Waals surface area contributed by atoms with Crippen molar-refractivity contribution in [2.24, 2.45) is 0 Å². The number of carbonyl (C=O) groups excluding carboxylic acids is 1. The highest BCUT2D eigenvalue weighted by molar-refractivity contribution is 5.90. The molecule has 1 unspecified atom stereocenters. The summed E-state index contributed by atoms with van der Waals surface area (Å²) in [6, 6.07) is 0.538. The second-order valence-corrected chi connectivity index (χ2v) is 6.61. The SMILES string of the molecule is O=C(c1n[nH]c(C2CC2)n1)N1CCC(N2CCCCC2)C1. The molecule has 0 bridgehead atoms. The molecule has 2 saturated heterocycles. The van der Waals surface area contributed by atoms with Gasteiger partial charge in [-0.3, -0.25) is 14.8 Å². The molecular weight excluding hydrogens is 266 g/mol. The molecule has 3 heterocycles. The van der Waals surface area contributed by atoms with Gasteiger partial charge in [0, 0.05) is 25.0 Å². The van der Waals surface area contributed by atoms with Crippen LogP contribution in [0.5, 0.6) is 0 Å². The molecule has 4 rings (SSSR count). The van der Waals surface area contributed by atoms with Gasteiger partial charge in [0.2, 0.25) is 5.82 Å². The molecule has 1 aromatic rings. The van der Waals surface area contributed by atoms with Crippen LogP contribution in [0.4, 0.5) is 0 Å². The lowest BCUT2D eigenvalue weighted by Gasteiger charge is -2.32. The minimum absolute atomic E-state index is 0.00217. The number of amides is 1. The maximum absolute atomic E-state index is 12.5. The van der Waals surface area contributed by atoms with Crippen LogP contribution in [0, 0.1) is 0 Å². The van der Waals surface area contributed by atoms with E-state index in [1.807, 2.05) is 4.90 Å². The second kappa shape index (κ2) is 5.40. The Morgan fingerprint density at radius 2 is 1.90 bits per heavy atom. The van der Waals surface area contributed by atoms with Crippen LogP contribution in [0.2, 0.25) is 0 Å². The Kier molecular flexibility index (Phi) is 3.41. The van der Waals surface area contributed by atoms with Gasteiger partial charge in [0.15, 0.2) is 0 Å². The van der Waals surface area contributed by atoms with Crippen molar-refractivity contribution in [3.05, 3.63) is 11.6 Å². The summed E-state index contributed by atoms with van der Waals surface area (Å²) in [5, 5.41) is 7.05. The Balaban J connectivity index is 1.38. The summed E-state index contributed by atoms with van der Waals surface area (Å²) in [5.41, 5.74) is 0. The van der Waals surface area contributed by atoms with Crippen LogP contribution in [0.25, 0.3) is 0 Å². The molecule has 6 nitrogen and oxygen atoms in total. The number of hydrogen-bond donors (Lipinski definition) is 1. The van der Waals surface area contributed by atoms with Crippen molar-refractivity contribution in [1.82, 2.24) is 25.0 Å². The van der Waals surface area contributed by atoms with Gasteiger partial charge in [0.05, 0.1) is 0 Å². The lowest BCUT2D eigenvalue weighted by Crippen LogP contribution is -2.41. The van der Waals surface area contributed by atoms with E-state index in [1.54, 1.807) is 0 Å². The topological polar surface area (TPSA) is 65.1 Å². The van der Waals surface area contributed by atoms with E-state index in [2.05, 4.69) is 20.1 Å². The van der Waals surface area contributed by atoms with Gasteiger partial charge >= 0.3 is 0 Å². The molecule has 0 aromatic carbocycles. The van der Waals surface area contributed by atoms with Gasteiger partial charge in [-0.25, -0.2) is 4.98 Å². The normalized spacial score (nSPS) is 27.2. The minimum atomic E-state index is -0.00217. The maximum Gasteiger partial charge on any atom is 0.293 e. The predicted octanol–water partition coefficient (Wildman–Crippen LogP) is 1.38. The second-order valence-electron chi connectivity index (χ2n) is 6.61. The molecular formula is C15H23N5O. The Morgan fingerprint density at radius 1 is 1.10 bits per heavy atom. The zero-order valence-electron chi connectivity index (χ0n) is 12.4. The fourth-order valence-corrected chi connectivity index (χ4v) is 3.56. The summed E-state index contributed by atoms with van der Waals surface area (Å²) in [6.07, 6.45) is 7.39. The Bertz CT molecular complexity index is 518. The van der Waals surface area contributed by atoms with Gasteiger partial charge in [-0.05, 0) is 45.2 Å². The molecule has 1 aromatic heterocycles. The Labute approximate surface area is 124 Å². The summed E-state index contributed by atoms with van der Waals surface area (Å²) in [5.74, 6) is 1.76. The number of nitrogens with one attached hydrogen (secondary N) is 1. The standard InChI is InChI=1S/C15H23N5O/c21-15(14-16-13(17-18-14)11-4-5-11)20-9-6-12(10-20)19-7-2-1-3-8-19/h11-12H,1-10H2,(H,16,17,18). The zero-order valence-corrected chi connectivity index (χ0v) is 12.4. The fourth-order valence-electron chi connectivity index (χ4n) is 3.56. The lowest BCUT2D eigenvalue weighted by molar-refractivity contribution is 0.0760. The molecule has 0 spiro atoms. The van der Waals surface area contributed by atoms with E-state index in [-0.39, 0.29) is 5.91 Å². The molecule has 1 atom stereocenters. The van der Waals surface area contributed by atoms with Crippen LogP contribution in [-0.2, 0) is 0 Å². The third-order valence-electron chi connectivity index (χ3n) is 5.02. The van der Waals surface area contributed by atoms with Crippen molar-refractivity contribution in [1.29, 1.82) is 0 Å². The third kappa shape index (κ3) is 2.69. The quantitative estimate of drug-likeness (QED) is 0.913. The van der Waals surface area contributed by atoms with Crippen LogP contribution in [0.1, 0.15) is 60.9 Å². The summed E-state index contributed by atoms with van der Waals surface area (Å²) < 4.78 is 0. The van der Waals surface area contributed by atoms with Crippen molar-refractivity contribution >= 4 is 5.91 Å². The highest BCUT2D eigenvalue weighted by Gasteiger charge is 2.34. The molecule has 3 aliphatic rings. The maximum atomic E-state index is 12.5. The van der Waals surface area contributed by atoms with Crippen molar-refractivity contribution in [2.75, 3.05) is 26.2 Å². The molecule has 0 radical (unpaired) electrons. The number of aromatic nitrogens is 3. The van der Waals surface area contributed by atoms with Crippen molar-refractivity contribution < 1.29 is 4.79 Å². The first-order valence-corrected chi connectivity index (χ1v) is 8.27. The number of rotatable bonds is 3. The summed E-state index contributed by atoms with van der Waals surface area (Å²) in [4.78, 5) is 21.4. The number of likely N-dealkylation sites (tertiary alicyclic amines) is 2. The van der Waals surface area contributed by atoms with Crippen molar-refractivity contribution in [2.45, 2.75) is 50.5 Å². The lowest BCUT2D eigenvalue weighted by atomic mass is 10.1. The van der Waals surface area contributed by atoms with E-state index < -0.39 is 0 Å². The monoisotopic (exact) mass is 289 g/mol. The number of nitrogens with zero attached hydrogens (tertiary/aromatic N) is 4. The smallest absolute Gasteiger partial charge is 0.293 e. The van der Waals surface area contributed by atoms with E-state index in [0.29, 0.717) is 17.8 Å². The average molecular weight is 289 g/mol. The third-order valence-corrected chi connectivity index (χ3v) is 5.02. The van der Waals surface area contributed by atoms with Crippen LogP contribution < -0.4 is 0 Å². The van der Waals surface area contributed by atoms with Crippen LogP contribution in [-0.4, -0.2) is 63.1 Å². The van der Waals surface area contributed by atoms with Gasteiger partial charge in [-0.2, -0.15) is 0 Å². The summed E-state index contributed by atoms with van der Waals surface area (Å²) in [7, 11) is 0. The Hall–Kier alpha value is -1.43. The Morgan fingerprint density at radius 3 is 2.67 bits per heavy atom. The molecule has 114 valence electrons. The minimum Gasteiger partial charge on any atom is -0.334 e. The summed E-state index contributed by atoms with van der Waals surface area (Å²) in [6.45, 7) is 4.07. The van der Waals surface area contributed by atoms with E-state index in [1.165, 1.54) is 45.2 Å². The van der Waals surface area contributed by atoms with E-state index >= 15 is 0 Å². The molecule has 2 aliphatic heterocycles. The predicted molar refractivity (Wildman–Crippen MR) is 78.1 cm³/mol. The summed E-state index contributed by atoms with van der Waals surface area (Å²) >= 11 is 0. The molecule has 1 saturated carbocycles. The van der Waals surface area contributed by atoms with E-state index in [4.69, 9.17) is 0 Å². The number of piperidine rings is 1. The average Bonchev–Trinajstić information content (AvgIpc) is 3.06. The van der Waals surface area contributed by atoms with Crippen molar-refractivity contribution in [3.8, 4) is 0 Å². The first-order valence-electron chi connectivity index (χ1n) is 8.27. The first-order chi connectivity index (χ1) is 10.3. The van der Waals surface area contributed by atoms with Gasteiger partial charge in [0.1, 0.15) is 5.82 Å². The number of H-pyrrole nitrogens is 1. The zero-order chi connectivity index (χ0) is 14.2. The van der Waals surface area contributed by atoms with Gasteiger partial charge < -0.3 is 4.90 Å². The highest BCUT2D eigenvalue weighted by Crippen LogP contribution is 2.37. The molecule has 21 heavy (non-hydrogen) atoms. The number of hydrogen-bond acceptors (Lipinski definition) is 4. The number of carbonyl (C=O) groups is 1. The molecule has 3 fully saturated rings. The fraction of sp³-hybridized carbons (Fsp3) is 0.800. The molecule has 6 heteroatoms. The van der Waals surface area contributed by atoms with Gasteiger partial charge in [-0.1, -0.05) is 6.42 Å². The van der Waals surface area contributed by atoms with Crippen LogP contribution >= 0.6 is 0 Å². The first kappa shape index (κ1) is 13.2. The van der Waals surface area contributed by atoms with Crippen LogP contribution in [0.3, 0.4) is 0 Å². The van der Waals surface area contributed by atoms with Crippen LogP contribution in [0.15, 0.2) is 0 Å². The largest absolute Gasteiger partial charge is 0.334 e. The van der Waals surface area contributed by atoms with Gasteiger partial charge in [0.25, 0.3) is 5.91 Å².